The van der Waals surface area contributed by atoms with Gasteiger partial charge in [0.05, 0.1) is 0 Å². The van der Waals surface area contributed by atoms with Crippen molar-refractivity contribution < 1.29 is 4.52 Å². The summed E-state index contributed by atoms with van der Waals surface area (Å²) in [5.74, 6) is 1.31. The minimum Gasteiger partial charge on any atom is -0.338 e. The van der Waals surface area contributed by atoms with Gasteiger partial charge in [-0.3, -0.25) is 0 Å². The fraction of sp³-hybridized carbons (Fsp3) is 0.429. The van der Waals surface area contributed by atoms with Crippen LogP contribution in [0, 0.1) is 0 Å². The molecular weight excluding hydrogens is 240 g/mol. The molecule has 100 valence electrons. The third-order valence-electron chi connectivity index (χ3n) is 3.47. The van der Waals surface area contributed by atoms with Gasteiger partial charge in [-0.15, -0.1) is 0 Å². The Morgan fingerprint density at radius 1 is 1.21 bits per heavy atom. The molecule has 0 radical (unpaired) electrons. The molecule has 1 aliphatic heterocycles. The van der Waals surface area contributed by atoms with Gasteiger partial charge < -0.3 is 15.2 Å². The molecule has 1 saturated heterocycles. The van der Waals surface area contributed by atoms with Crippen molar-refractivity contribution in [2.24, 2.45) is 5.73 Å². The number of benzene rings is 1. The molecule has 1 aromatic heterocycles. The van der Waals surface area contributed by atoms with Crippen molar-refractivity contribution in [3.8, 4) is 0 Å². The van der Waals surface area contributed by atoms with E-state index in [1.165, 1.54) is 12.8 Å². The lowest BCUT2D eigenvalue weighted by Crippen LogP contribution is -2.19. The van der Waals surface area contributed by atoms with Crippen molar-refractivity contribution in [3.05, 3.63) is 41.8 Å². The molecule has 3 rings (SSSR count). The Bertz CT molecular complexity index is 519. The number of rotatable bonds is 4. The first-order chi connectivity index (χ1) is 9.33. The van der Waals surface area contributed by atoms with Crippen molar-refractivity contribution in [2.75, 3.05) is 18.0 Å². The Morgan fingerprint density at radius 2 is 1.95 bits per heavy atom. The van der Waals surface area contributed by atoms with Crippen LogP contribution < -0.4 is 10.6 Å². The first kappa shape index (κ1) is 12.2. The highest BCUT2D eigenvalue weighted by Crippen LogP contribution is 2.19. The summed E-state index contributed by atoms with van der Waals surface area (Å²) >= 11 is 0. The third kappa shape index (κ3) is 2.76. The van der Waals surface area contributed by atoms with Crippen molar-refractivity contribution in [3.63, 3.8) is 0 Å². The molecule has 1 atom stereocenters. The third-order valence-corrected chi connectivity index (χ3v) is 3.47. The summed E-state index contributed by atoms with van der Waals surface area (Å²) in [4.78, 5) is 6.58. The summed E-state index contributed by atoms with van der Waals surface area (Å²) in [7, 11) is 0. The smallest absolute Gasteiger partial charge is 0.266 e. The zero-order chi connectivity index (χ0) is 13.1. The summed E-state index contributed by atoms with van der Waals surface area (Å²) in [5, 5.41) is 4.03. The van der Waals surface area contributed by atoms with Crippen LogP contribution >= 0.6 is 0 Å². The second kappa shape index (κ2) is 5.40. The minimum absolute atomic E-state index is 0.104. The van der Waals surface area contributed by atoms with Gasteiger partial charge in [0.1, 0.15) is 0 Å². The standard InChI is InChI=1S/C14H18N4O/c15-12(11-6-2-1-3-7-11)10-13-16-14(17-19-13)18-8-4-5-9-18/h1-3,6-7,12H,4-5,8-10,15H2. The second-order valence-corrected chi connectivity index (χ2v) is 4.90. The molecule has 5 nitrogen and oxygen atoms in total. The van der Waals surface area contributed by atoms with Crippen molar-refractivity contribution >= 4 is 5.95 Å². The van der Waals surface area contributed by atoms with Gasteiger partial charge in [0.15, 0.2) is 0 Å². The van der Waals surface area contributed by atoms with Gasteiger partial charge in [-0.25, -0.2) is 0 Å². The normalized spacial score (nSPS) is 16.8. The SMILES string of the molecule is NC(Cc1nc(N2CCCC2)no1)c1ccccc1. The Kier molecular flexibility index (Phi) is 3.46. The zero-order valence-electron chi connectivity index (χ0n) is 10.8. The molecule has 0 saturated carbocycles. The van der Waals surface area contributed by atoms with E-state index in [0.717, 1.165) is 18.7 Å². The average Bonchev–Trinajstić information content (AvgIpc) is 3.10. The van der Waals surface area contributed by atoms with Gasteiger partial charge in [-0.1, -0.05) is 30.3 Å². The Morgan fingerprint density at radius 3 is 2.68 bits per heavy atom. The van der Waals surface area contributed by atoms with E-state index >= 15 is 0 Å². The van der Waals surface area contributed by atoms with Gasteiger partial charge in [-0.05, 0) is 23.6 Å². The Hall–Kier alpha value is -1.88. The van der Waals surface area contributed by atoms with Crippen LogP contribution in [0.4, 0.5) is 5.95 Å². The molecule has 1 aliphatic rings. The molecule has 0 aliphatic carbocycles. The molecule has 5 heteroatoms. The zero-order valence-corrected chi connectivity index (χ0v) is 10.8. The Labute approximate surface area is 112 Å². The predicted molar refractivity (Wildman–Crippen MR) is 72.8 cm³/mol. The van der Waals surface area contributed by atoms with Gasteiger partial charge in [0.2, 0.25) is 5.89 Å². The molecule has 1 fully saturated rings. The van der Waals surface area contributed by atoms with Crippen molar-refractivity contribution in [1.29, 1.82) is 0 Å². The number of nitrogens with zero attached hydrogens (tertiary/aromatic N) is 3. The van der Waals surface area contributed by atoms with Crippen molar-refractivity contribution in [2.45, 2.75) is 25.3 Å². The molecule has 2 N–H and O–H groups in total. The first-order valence-electron chi connectivity index (χ1n) is 6.71. The van der Waals surface area contributed by atoms with E-state index in [1.54, 1.807) is 0 Å². The van der Waals surface area contributed by atoms with E-state index in [0.29, 0.717) is 18.3 Å². The predicted octanol–water partition coefficient (Wildman–Crippen LogP) is 1.91. The summed E-state index contributed by atoms with van der Waals surface area (Å²) in [5.41, 5.74) is 7.23. The molecule has 1 aromatic carbocycles. The van der Waals surface area contributed by atoms with Crippen LogP contribution in [-0.4, -0.2) is 23.2 Å². The molecule has 0 spiro atoms. The van der Waals surface area contributed by atoms with E-state index in [9.17, 15) is 0 Å². The number of nitrogens with two attached hydrogens (primary N) is 1. The summed E-state index contributed by atoms with van der Waals surface area (Å²) in [6.45, 7) is 2.04. The van der Waals surface area contributed by atoms with E-state index < -0.39 is 0 Å². The summed E-state index contributed by atoms with van der Waals surface area (Å²) in [6.07, 6.45) is 2.98. The molecular formula is C14H18N4O. The fourth-order valence-electron chi connectivity index (χ4n) is 2.38. The number of hydrogen-bond donors (Lipinski definition) is 1. The minimum atomic E-state index is -0.104. The number of aromatic nitrogens is 2. The molecule has 0 bridgehead atoms. The van der Waals surface area contributed by atoms with Crippen LogP contribution in [0.3, 0.4) is 0 Å². The van der Waals surface area contributed by atoms with Crippen LogP contribution in [0.15, 0.2) is 34.9 Å². The van der Waals surface area contributed by atoms with Crippen molar-refractivity contribution in [1.82, 2.24) is 10.1 Å². The fourth-order valence-corrected chi connectivity index (χ4v) is 2.38. The maximum Gasteiger partial charge on any atom is 0.266 e. The van der Waals surface area contributed by atoms with Crippen LogP contribution in [-0.2, 0) is 6.42 Å². The topological polar surface area (TPSA) is 68.2 Å². The van der Waals surface area contributed by atoms with E-state index in [2.05, 4.69) is 15.0 Å². The van der Waals surface area contributed by atoms with Gasteiger partial charge >= 0.3 is 0 Å². The van der Waals surface area contributed by atoms with E-state index in [-0.39, 0.29) is 6.04 Å². The molecule has 2 aromatic rings. The lowest BCUT2D eigenvalue weighted by Gasteiger charge is -2.10. The van der Waals surface area contributed by atoms with E-state index in [4.69, 9.17) is 10.3 Å². The van der Waals surface area contributed by atoms with Crippen LogP contribution in [0.2, 0.25) is 0 Å². The lowest BCUT2D eigenvalue weighted by atomic mass is 10.1. The van der Waals surface area contributed by atoms with Crippen LogP contribution in [0.5, 0.6) is 0 Å². The highest BCUT2D eigenvalue weighted by Gasteiger charge is 2.19. The number of anilines is 1. The maximum absolute atomic E-state index is 6.15. The highest BCUT2D eigenvalue weighted by molar-refractivity contribution is 5.29. The van der Waals surface area contributed by atoms with Crippen LogP contribution in [0.1, 0.15) is 30.3 Å². The molecule has 2 heterocycles. The second-order valence-electron chi connectivity index (χ2n) is 4.90. The number of hydrogen-bond acceptors (Lipinski definition) is 5. The van der Waals surface area contributed by atoms with E-state index in [1.807, 2.05) is 30.3 Å². The van der Waals surface area contributed by atoms with Gasteiger partial charge in [0.25, 0.3) is 5.95 Å². The monoisotopic (exact) mass is 258 g/mol. The summed E-state index contributed by atoms with van der Waals surface area (Å²) < 4.78 is 5.29. The Balaban J connectivity index is 1.66. The molecule has 1 unspecified atom stereocenters. The van der Waals surface area contributed by atoms with Crippen LogP contribution in [0.25, 0.3) is 0 Å². The first-order valence-corrected chi connectivity index (χ1v) is 6.71. The lowest BCUT2D eigenvalue weighted by molar-refractivity contribution is 0.369. The largest absolute Gasteiger partial charge is 0.338 e. The molecule has 0 amide bonds. The quantitative estimate of drug-likeness (QED) is 0.907. The van der Waals surface area contributed by atoms with Gasteiger partial charge in [0, 0.05) is 25.6 Å². The van der Waals surface area contributed by atoms with Gasteiger partial charge in [-0.2, -0.15) is 4.98 Å². The average molecular weight is 258 g/mol. The highest BCUT2D eigenvalue weighted by atomic mass is 16.5. The maximum atomic E-state index is 6.15. The summed E-state index contributed by atoms with van der Waals surface area (Å²) in [6, 6.07) is 9.88. The molecule has 19 heavy (non-hydrogen) atoms.